The van der Waals surface area contributed by atoms with Crippen LogP contribution in [-0.2, 0) is 28.7 Å². The number of ether oxygens (including phenoxy) is 2. The Hall–Kier alpha value is -1.93. The van der Waals surface area contributed by atoms with Crippen molar-refractivity contribution in [1.29, 1.82) is 0 Å². The van der Waals surface area contributed by atoms with E-state index in [0.29, 0.717) is 25.3 Å². The molecule has 0 spiro atoms. The maximum atomic E-state index is 13.6. The van der Waals surface area contributed by atoms with Crippen LogP contribution in [0.4, 0.5) is 0 Å². The van der Waals surface area contributed by atoms with Gasteiger partial charge in [-0.15, -0.1) is 0 Å². The van der Waals surface area contributed by atoms with Crippen molar-refractivity contribution in [3.63, 3.8) is 0 Å². The van der Waals surface area contributed by atoms with Crippen molar-refractivity contribution < 1.29 is 28.7 Å². The molecule has 6 unspecified atom stereocenters. The van der Waals surface area contributed by atoms with Crippen LogP contribution in [0.15, 0.2) is 0 Å². The van der Waals surface area contributed by atoms with Crippen molar-refractivity contribution in [3.05, 3.63) is 0 Å². The summed E-state index contributed by atoms with van der Waals surface area (Å²) in [6, 6.07) is -0.615. The second-order valence-electron chi connectivity index (χ2n) is 10.1. The molecule has 1 aliphatic heterocycles. The summed E-state index contributed by atoms with van der Waals surface area (Å²) in [4.78, 5) is 54.2. The quantitative estimate of drug-likeness (QED) is 0.131. The molecule has 6 N–H and O–H groups in total. The van der Waals surface area contributed by atoms with Crippen molar-refractivity contribution >= 4 is 35.6 Å². The third-order valence-electron chi connectivity index (χ3n) is 7.54. The van der Waals surface area contributed by atoms with Crippen molar-refractivity contribution in [2.45, 2.75) is 77.2 Å². The van der Waals surface area contributed by atoms with Crippen LogP contribution in [0.2, 0.25) is 0 Å². The first-order chi connectivity index (χ1) is 18.6. The van der Waals surface area contributed by atoms with E-state index in [1.165, 1.54) is 19.1 Å². The van der Waals surface area contributed by atoms with Gasteiger partial charge in [0.1, 0.15) is 0 Å². The molecule has 0 aromatic rings. The number of hydrogen-bond donors (Lipinski definition) is 4. The second-order valence-corrected chi connectivity index (χ2v) is 11.0. The number of nitrogens with two attached hydrogens (primary N) is 2. The predicted octanol–water partition coefficient (Wildman–Crippen LogP) is 0.0948. The molecule has 0 radical (unpaired) electrons. The lowest BCUT2D eigenvalue weighted by Gasteiger charge is -2.39. The third kappa shape index (κ3) is 10.5. The number of nitrogens with one attached hydrogen (secondary N) is 2. The SMILES string of the molecule is CCC(C)C(C(CC(=O)N1CCCC1C(OC)C(C)C(=O)NCC(=O)NSCCCN)OC)N(C)C(=O)CN. The number of likely N-dealkylation sites (N-methyl/N-ethyl adjacent to an activating group) is 1. The smallest absolute Gasteiger partial charge is 0.249 e. The number of nitrogens with zero attached hydrogens (tertiary/aromatic N) is 2. The average Bonchev–Trinajstić information content (AvgIpc) is 3.42. The molecule has 0 aromatic heterocycles. The number of carbonyl (C=O) groups is 4. The van der Waals surface area contributed by atoms with Gasteiger partial charge in [0.25, 0.3) is 0 Å². The summed E-state index contributed by atoms with van der Waals surface area (Å²) in [5.41, 5.74) is 11.0. The van der Waals surface area contributed by atoms with E-state index in [9.17, 15) is 19.2 Å². The highest BCUT2D eigenvalue weighted by Crippen LogP contribution is 2.29. The molecule has 0 bridgehead atoms. The molecule has 0 aromatic carbocycles. The van der Waals surface area contributed by atoms with Gasteiger partial charge in [-0.3, -0.25) is 23.9 Å². The number of hydrogen-bond acceptors (Lipinski definition) is 9. The van der Waals surface area contributed by atoms with Crippen molar-refractivity contribution in [2.75, 3.05) is 53.2 Å². The molecular formula is C26H50N6O6S. The highest BCUT2D eigenvalue weighted by atomic mass is 32.2. The van der Waals surface area contributed by atoms with Gasteiger partial charge in [0.2, 0.25) is 23.6 Å². The molecule has 4 amide bonds. The molecule has 13 heteroatoms. The first-order valence-electron chi connectivity index (χ1n) is 13.8. The monoisotopic (exact) mass is 574 g/mol. The lowest BCUT2D eigenvalue weighted by atomic mass is 9.90. The lowest BCUT2D eigenvalue weighted by molar-refractivity contribution is -0.145. The molecule has 12 nitrogen and oxygen atoms in total. The number of rotatable bonds is 18. The molecule has 0 saturated carbocycles. The van der Waals surface area contributed by atoms with Gasteiger partial charge in [0.15, 0.2) is 0 Å². The normalized spacial score (nSPS) is 19.1. The van der Waals surface area contributed by atoms with E-state index in [1.807, 2.05) is 13.8 Å². The minimum atomic E-state index is -0.592. The first-order valence-corrected chi connectivity index (χ1v) is 14.7. The van der Waals surface area contributed by atoms with Gasteiger partial charge in [-0.1, -0.05) is 39.1 Å². The van der Waals surface area contributed by atoms with E-state index in [4.69, 9.17) is 20.9 Å². The summed E-state index contributed by atoms with van der Waals surface area (Å²) in [5, 5.41) is 2.67. The summed E-state index contributed by atoms with van der Waals surface area (Å²) in [5.74, 6) is -0.757. The molecule has 1 rings (SSSR count). The van der Waals surface area contributed by atoms with E-state index >= 15 is 0 Å². The first kappa shape index (κ1) is 35.1. The summed E-state index contributed by atoms with van der Waals surface area (Å²) in [6.45, 7) is 6.62. The molecular weight excluding hydrogens is 524 g/mol. The molecule has 6 atom stereocenters. The van der Waals surface area contributed by atoms with Crippen LogP contribution in [0.1, 0.15) is 52.9 Å². The van der Waals surface area contributed by atoms with Gasteiger partial charge in [-0.25, -0.2) is 0 Å². The van der Waals surface area contributed by atoms with Gasteiger partial charge >= 0.3 is 0 Å². The zero-order valence-corrected chi connectivity index (χ0v) is 25.3. The molecule has 1 aliphatic rings. The summed E-state index contributed by atoms with van der Waals surface area (Å²) < 4.78 is 14.2. The number of methoxy groups -OCH3 is 2. The van der Waals surface area contributed by atoms with Gasteiger partial charge in [0.05, 0.1) is 49.7 Å². The largest absolute Gasteiger partial charge is 0.379 e. The van der Waals surface area contributed by atoms with E-state index in [0.717, 1.165) is 19.3 Å². The van der Waals surface area contributed by atoms with Crippen molar-refractivity contribution in [1.82, 2.24) is 19.8 Å². The minimum Gasteiger partial charge on any atom is -0.379 e. The third-order valence-corrected chi connectivity index (χ3v) is 8.40. The Bertz CT molecular complexity index is 790. The molecule has 0 aliphatic carbocycles. The zero-order valence-electron chi connectivity index (χ0n) is 24.4. The lowest BCUT2D eigenvalue weighted by Crippen LogP contribution is -2.54. The maximum Gasteiger partial charge on any atom is 0.249 e. The molecule has 1 heterocycles. The van der Waals surface area contributed by atoms with Crippen LogP contribution < -0.4 is 21.5 Å². The number of carbonyl (C=O) groups excluding carboxylic acids is 4. The van der Waals surface area contributed by atoms with Gasteiger partial charge in [0, 0.05) is 33.6 Å². The maximum absolute atomic E-state index is 13.6. The average molecular weight is 575 g/mol. The van der Waals surface area contributed by atoms with Crippen LogP contribution in [0.5, 0.6) is 0 Å². The molecule has 226 valence electrons. The zero-order chi connectivity index (χ0) is 29.5. The molecule has 1 saturated heterocycles. The Balaban J connectivity index is 2.89. The van der Waals surface area contributed by atoms with Crippen LogP contribution in [-0.4, -0.2) is 111 Å². The summed E-state index contributed by atoms with van der Waals surface area (Å²) in [7, 11) is 4.77. The molecule has 1 fully saturated rings. The van der Waals surface area contributed by atoms with Gasteiger partial charge in [-0.2, -0.15) is 0 Å². The number of amides is 4. The predicted molar refractivity (Wildman–Crippen MR) is 152 cm³/mol. The van der Waals surface area contributed by atoms with Crippen molar-refractivity contribution in [3.8, 4) is 0 Å². The number of likely N-dealkylation sites (tertiary alicyclic amines) is 1. The Morgan fingerprint density at radius 2 is 1.85 bits per heavy atom. The van der Waals surface area contributed by atoms with E-state index in [-0.39, 0.29) is 61.1 Å². The Labute approximate surface area is 237 Å². The van der Waals surface area contributed by atoms with E-state index < -0.39 is 18.1 Å². The fraction of sp³-hybridized carbons (Fsp3) is 0.846. The second kappa shape index (κ2) is 18.4. The standard InChI is InChI=1S/C26H50N6O6S/c1-7-17(2)24(31(4)23(35)15-28)20(37-5)14-22(34)32-12-8-10-19(32)25(38-6)18(3)26(36)29-16-21(33)30-39-13-9-11-27/h17-20,24-25H,7-16,27-28H2,1-6H3,(H,29,36)(H,30,33). The topological polar surface area (TPSA) is 169 Å². The van der Waals surface area contributed by atoms with Crippen LogP contribution in [0, 0.1) is 11.8 Å². The highest BCUT2D eigenvalue weighted by Gasteiger charge is 2.41. The summed E-state index contributed by atoms with van der Waals surface area (Å²) >= 11 is 1.26. The van der Waals surface area contributed by atoms with Crippen LogP contribution in [0.25, 0.3) is 0 Å². The molecule has 39 heavy (non-hydrogen) atoms. The fourth-order valence-electron chi connectivity index (χ4n) is 5.12. The van der Waals surface area contributed by atoms with E-state index in [1.54, 1.807) is 30.9 Å². The van der Waals surface area contributed by atoms with E-state index in [2.05, 4.69) is 10.0 Å². The van der Waals surface area contributed by atoms with Crippen molar-refractivity contribution in [2.24, 2.45) is 23.3 Å². The Morgan fingerprint density at radius 1 is 1.15 bits per heavy atom. The van der Waals surface area contributed by atoms with Crippen LogP contribution >= 0.6 is 11.9 Å². The van der Waals surface area contributed by atoms with Gasteiger partial charge < -0.3 is 36.1 Å². The Kier molecular flexibility index (Phi) is 16.6. The van der Waals surface area contributed by atoms with Crippen LogP contribution in [0.3, 0.4) is 0 Å². The fourth-order valence-corrected chi connectivity index (χ4v) is 5.77. The highest BCUT2D eigenvalue weighted by molar-refractivity contribution is 7.97. The summed E-state index contributed by atoms with van der Waals surface area (Å²) in [6.07, 6.45) is 2.08. The minimum absolute atomic E-state index is 0.0865. The van der Waals surface area contributed by atoms with Gasteiger partial charge in [-0.05, 0) is 31.7 Å². The Morgan fingerprint density at radius 3 is 2.41 bits per heavy atom.